The van der Waals surface area contributed by atoms with Crippen LogP contribution in [0.15, 0.2) is 18.3 Å². The summed E-state index contributed by atoms with van der Waals surface area (Å²) in [7, 11) is 1.86. The lowest BCUT2D eigenvalue weighted by molar-refractivity contribution is -0.133. The third-order valence-electron chi connectivity index (χ3n) is 3.66. The SMILES string of the molecule is CN1CC(Cn2ccc3cc(Cl)nnc32)CCC1=O. The molecule has 3 heterocycles. The minimum Gasteiger partial charge on any atom is -0.345 e. The minimum absolute atomic E-state index is 0.236. The third kappa shape index (κ3) is 2.42. The highest BCUT2D eigenvalue weighted by molar-refractivity contribution is 6.29. The largest absolute Gasteiger partial charge is 0.345 e. The van der Waals surface area contributed by atoms with E-state index in [1.807, 2.05) is 30.3 Å². The summed E-state index contributed by atoms with van der Waals surface area (Å²) in [5.41, 5.74) is 0.851. The van der Waals surface area contributed by atoms with Gasteiger partial charge in [-0.2, -0.15) is 0 Å². The average molecular weight is 279 g/mol. The summed E-state index contributed by atoms with van der Waals surface area (Å²) in [5, 5.41) is 9.44. The van der Waals surface area contributed by atoms with Crippen LogP contribution in [0.1, 0.15) is 12.8 Å². The van der Waals surface area contributed by atoms with Gasteiger partial charge in [0, 0.05) is 38.1 Å². The maximum absolute atomic E-state index is 11.5. The van der Waals surface area contributed by atoms with Gasteiger partial charge in [-0.3, -0.25) is 4.79 Å². The Hall–Kier alpha value is -1.62. The Kier molecular flexibility index (Phi) is 3.14. The predicted molar refractivity (Wildman–Crippen MR) is 72.9 cm³/mol. The number of carbonyl (C=O) groups is 1. The molecule has 1 atom stereocenters. The van der Waals surface area contributed by atoms with Crippen LogP contribution in [-0.4, -0.2) is 39.2 Å². The predicted octanol–water partition coefficient (Wildman–Crippen LogP) is 1.95. The van der Waals surface area contributed by atoms with Crippen LogP contribution in [-0.2, 0) is 11.3 Å². The van der Waals surface area contributed by atoms with Gasteiger partial charge in [-0.15, -0.1) is 10.2 Å². The number of amides is 1. The quantitative estimate of drug-likeness (QED) is 0.844. The summed E-state index contributed by atoms with van der Waals surface area (Å²) in [6.07, 6.45) is 3.58. The minimum atomic E-state index is 0.236. The van der Waals surface area contributed by atoms with E-state index in [0.717, 1.165) is 30.5 Å². The van der Waals surface area contributed by atoms with E-state index < -0.39 is 0 Å². The van der Waals surface area contributed by atoms with E-state index in [-0.39, 0.29) is 5.91 Å². The first kappa shape index (κ1) is 12.4. The molecule has 6 heteroatoms. The molecule has 0 aromatic carbocycles. The van der Waals surface area contributed by atoms with Crippen LogP contribution < -0.4 is 0 Å². The van der Waals surface area contributed by atoms with Gasteiger partial charge in [-0.1, -0.05) is 11.6 Å². The van der Waals surface area contributed by atoms with E-state index in [0.29, 0.717) is 17.5 Å². The first-order valence-electron chi connectivity index (χ1n) is 6.35. The van der Waals surface area contributed by atoms with Crippen LogP contribution >= 0.6 is 11.6 Å². The Morgan fingerprint density at radius 2 is 2.32 bits per heavy atom. The summed E-state index contributed by atoms with van der Waals surface area (Å²) < 4.78 is 2.09. The number of carbonyl (C=O) groups excluding carboxylic acids is 1. The molecule has 0 radical (unpaired) electrons. The first-order chi connectivity index (χ1) is 9.13. The molecule has 0 spiro atoms. The molecule has 1 saturated heterocycles. The summed E-state index contributed by atoms with van der Waals surface area (Å²) in [5.74, 6) is 0.705. The normalized spacial score (nSPS) is 20.2. The molecule has 5 nitrogen and oxygen atoms in total. The van der Waals surface area contributed by atoms with Crippen molar-refractivity contribution >= 4 is 28.5 Å². The van der Waals surface area contributed by atoms with E-state index in [9.17, 15) is 4.79 Å². The molecule has 0 bridgehead atoms. The van der Waals surface area contributed by atoms with Crippen molar-refractivity contribution in [2.24, 2.45) is 5.92 Å². The molecular formula is C13H15ClN4O. The van der Waals surface area contributed by atoms with Crippen molar-refractivity contribution in [2.75, 3.05) is 13.6 Å². The van der Waals surface area contributed by atoms with Crippen molar-refractivity contribution < 1.29 is 4.79 Å². The standard InChI is InChI=1S/C13H15ClN4O/c1-17-7-9(2-3-12(17)19)8-18-5-4-10-6-11(14)15-16-13(10)18/h4-6,9H,2-3,7-8H2,1H3. The van der Waals surface area contributed by atoms with Crippen LogP contribution in [0.2, 0.25) is 5.15 Å². The van der Waals surface area contributed by atoms with Crippen LogP contribution in [0.4, 0.5) is 0 Å². The fraction of sp³-hybridized carbons (Fsp3) is 0.462. The molecule has 1 aliphatic heterocycles. The number of hydrogen-bond acceptors (Lipinski definition) is 3. The van der Waals surface area contributed by atoms with Crippen molar-refractivity contribution in [3.8, 4) is 0 Å². The molecule has 1 unspecified atom stereocenters. The van der Waals surface area contributed by atoms with E-state index in [1.165, 1.54) is 0 Å². The lowest BCUT2D eigenvalue weighted by atomic mass is 9.98. The van der Waals surface area contributed by atoms with E-state index >= 15 is 0 Å². The second kappa shape index (κ2) is 4.81. The molecule has 1 fully saturated rings. The lowest BCUT2D eigenvalue weighted by Gasteiger charge is -2.29. The zero-order valence-corrected chi connectivity index (χ0v) is 11.5. The molecule has 100 valence electrons. The number of piperidine rings is 1. The topological polar surface area (TPSA) is 51.0 Å². The summed E-state index contributed by atoms with van der Waals surface area (Å²) in [4.78, 5) is 13.3. The smallest absolute Gasteiger partial charge is 0.222 e. The molecule has 2 aromatic heterocycles. The average Bonchev–Trinajstić information content (AvgIpc) is 2.76. The molecule has 1 amide bonds. The zero-order valence-electron chi connectivity index (χ0n) is 10.7. The highest BCUT2D eigenvalue weighted by atomic mass is 35.5. The molecule has 1 aliphatic rings. The Balaban J connectivity index is 1.80. The number of fused-ring (bicyclic) bond motifs is 1. The fourth-order valence-corrected chi connectivity index (χ4v) is 2.79. The van der Waals surface area contributed by atoms with Gasteiger partial charge in [0.05, 0.1) is 0 Å². The fourth-order valence-electron chi connectivity index (χ4n) is 2.63. The van der Waals surface area contributed by atoms with Crippen LogP contribution in [0.3, 0.4) is 0 Å². The van der Waals surface area contributed by atoms with Crippen molar-refractivity contribution in [1.82, 2.24) is 19.7 Å². The summed E-state index contributed by atoms with van der Waals surface area (Å²) in [6, 6.07) is 3.81. The summed E-state index contributed by atoms with van der Waals surface area (Å²) in [6.45, 7) is 1.66. The third-order valence-corrected chi connectivity index (χ3v) is 3.84. The number of hydrogen-bond donors (Lipinski definition) is 0. The molecule has 19 heavy (non-hydrogen) atoms. The lowest BCUT2D eigenvalue weighted by Crippen LogP contribution is -2.38. The number of nitrogens with zero attached hydrogens (tertiary/aromatic N) is 4. The van der Waals surface area contributed by atoms with Gasteiger partial charge >= 0.3 is 0 Å². The molecule has 0 N–H and O–H groups in total. The van der Waals surface area contributed by atoms with Crippen LogP contribution in [0, 0.1) is 5.92 Å². The van der Waals surface area contributed by atoms with E-state index in [2.05, 4.69) is 14.8 Å². The Bertz CT molecular complexity index is 624. The Labute approximate surface area is 116 Å². The second-order valence-corrected chi connectivity index (χ2v) is 5.48. The van der Waals surface area contributed by atoms with Crippen molar-refractivity contribution in [3.05, 3.63) is 23.5 Å². The molecule has 0 saturated carbocycles. The number of halogens is 1. The molecular weight excluding hydrogens is 264 g/mol. The molecule has 3 rings (SSSR count). The van der Waals surface area contributed by atoms with Gasteiger partial charge in [-0.25, -0.2) is 0 Å². The van der Waals surface area contributed by atoms with Gasteiger partial charge < -0.3 is 9.47 Å². The summed E-state index contributed by atoms with van der Waals surface area (Å²) >= 11 is 5.83. The highest BCUT2D eigenvalue weighted by Crippen LogP contribution is 2.21. The van der Waals surface area contributed by atoms with Crippen molar-refractivity contribution in [3.63, 3.8) is 0 Å². The monoisotopic (exact) mass is 278 g/mol. The van der Waals surface area contributed by atoms with Crippen LogP contribution in [0.25, 0.3) is 11.0 Å². The molecule has 2 aromatic rings. The number of likely N-dealkylation sites (tertiary alicyclic amines) is 1. The van der Waals surface area contributed by atoms with E-state index in [1.54, 1.807) is 0 Å². The maximum Gasteiger partial charge on any atom is 0.222 e. The van der Waals surface area contributed by atoms with Crippen molar-refractivity contribution in [1.29, 1.82) is 0 Å². The van der Waals surface area contributed by atoms with Crippen molar-refractivity contribution in [2.45, 2.75) is 19.4 Å². The van der Waals surface area contributed by atoms with Gasteiger partial charge in [0.2, 0.25) is 5.91 Å². The van der Waals surface area contributed by atoms with Crippen LogP contribution in [0.5, 0.6) is 0 Å². The second-order valence-electron chi connectivity index (χ2n) is 5.09. The van der Waals surface area contributed by atoms with E-state index in [4.69, 9.17) is 11.6 Å². The number of rotatable bonds is 2. The first-order valence-corrected chi connectivity index (χ1v) is 6.73. The van der Waals surface area contributed by atoms with Gasteiger partial charge in [-0.05, 0) is 24.5 Å². The zero-order chi connectivity index (χ0) is 13.4. The molecule has 0 aliphatic carbocycles. The van der Waals surface area contributed by atoms with Gasteiger partial charge in [0.25, 0.3) is 0 Å². The highest BCUT2D eigenvalue weighted by Gasteiger charge is 2.23. The Morgan fingerprint density at radius 1 is 1.47 bits per heavy atom. The van der Waals surface area contributed by atoms with Gasteiger partial charge in [0.1, 0.15) is 0 Å². The number of aromatic nitrogens is 3. The maximum atomic E-state index is 11.5. The Morgan fingerprint density at radius 3 is 3.11 bits per heavy atom. The van der Waals surface area contributed by atoms with Gasteiger partial charge in [0.15, 0.2) is 10.8 Å².